The van der Waals surface area contributed by atoms with Gasteiger partial charge in [-0.25, -0.2) is 0 Å². The summed E-state index contributed by atoms with van der Waals surface area (Å²) < 4.78 is 0. The van der Waals surface area contributed by atoms with Crippen molar-refractivity contribution < 1.29 is 0 Å². The molecule has 0 bridgehead atoms. The third kappa shape index (κ3) is 9.83. The Kier molecular flexibility index (Phi) is 11.2. The number of nitrogens with two attached hydrogens (primary N) is 1. The van der Waals surface area contributed by atoms with Gasteiger partial charge in [-0.2, -0.15) is 0 Å². The first-order chi connectivity index (χ1) is 10.1. The van der Waals surface area contributed by atoms with Crippen LogP contribution < -0.4 is 11.1 Å². The summed E-state index contributed by atoms with van der Waals surface area (Å²) in [7, 11) is 3.48. The van der Waals surface area contributed by atoms with Crippen molar-refractivity contribution in [1.82, 2.24) is 5.32 Å². The molecule has 2 aromatic carbocycles. The highest BCUT2D eigenvalue weighted by atomic mass is 14.8. The molecule has 0 unspecified atom stereocenters. The largest absolute Gasteiger partial charge is 0.333 e. The number of hydrogen-bond acceptors (Lipinski definition) is 2. The fourth-order valence-electron chi connectivity index (χ4n) is 1.66. The Morgan fingerprint density at radius 1 is 0.714 bits per heavy atom. The Morgan fingerprint density at radius 2 is 1.05 bits per heavy atom. The second kappa shape index (κ2) is 12.1. The van der Waals surface area contributed by atoms with E-state index in [0.717, 1.165) is 13.0 Å². The smallest absolute Gasteiger partial charge is 0.00114 e. The molecule has 0 saturated heterocycles. The van der Waals surface area contributed by atoms with Crippen molar-refractivity contribution in [3.8, 4) is 0 Å². The quantitative estimate of drug-likeness (QED) is 0.904. The van der Waals surface area contributed by atoms with Crippen LogP contribution in [-0.4, -0.2) is 20.6 Å². The van der Waals surface area contributed by atoms with Gasteiger partial charge in [0, 0.05) is 0 Å². The van der Waals surface area contributed by atoms with E-state index in [1.807, 2.05) is 7.05 Å². The Bertz CT molecular complexity index is 437. The molecule has 2 heteroatoms. The monoisotopic (exact) mass is 286 g/mol. The molecule has 0 aliphatic rings. The van der Waals surface area contributed by atoms with Crippen molar-refractivity contribution in [2.75, 3.05) is 20.6 Å². The molecule has 0 amide bonds. The van der Waals surface area contributed by atoms with E-state index in [9.17, 15) is 0 Å². The Labute approximate surface area is 130 Å². The van der Waals surface area contributed by atoms with Gasteiger partial charge >= 0.3 is 0 Å². The first-order valence-electron chi connectivity index (χ1n) is 7.43. The molecule has 0 aliphatic heterocycles. The summed E-state index contributed by atoms with van der Waals surface area (Å²) in [4.78, 5) is 0. The number of nitrogens with one attached hydrogen (secondary N) is 1. The molecular formula is C19H30N2. The molecule has 0 heterocycles. The lowest BCUT2D eigenvalue weighted by atomic mass is 10.1. The minimum Gasteiger partial charge on any atom is -0.333 e. The van der Waals surface area contributed by atoms with Gasteiger partial charge in [-0.3, -0.25) is 0 Å². The molecule has 2 rings (SSSR count). The van der Waals surface area contributed by atoms with Gasteiger partial charge in [0.1, 0.15) is 0 Å². The molecule has 3 N–H and O–H groups in total. The molecule has 0 aliphatic carbocycles. The highest BCUT2D eigenvalue weighted by molar-refractivity contribution is 5.21. The number of rotatable bonds is 3. The van der Waals surface area contributed by atoms with Crippen molar-refractivity contribution in [3.05, 3.63) is 70.8 Å². The van der Waals surface area contributed by atoms with Crippen LogP contribution in [0.2, 0.25) is 0 Å². The molecule has 2 aromatic rings. The van der Waals surface area contributed by atoms with Gasteiger partial charge in [-0.1, -0.05) is 65.2 Å². The zero-order chi connectivity index (χ0) is 16.1. The first kappa shape index (κ1) is 19.4. The van der Waals surface area contributed by atoms with Crippen LogP contribution in [0.4, 0.5) is 0 Å². The van der Waals surface area contributed by atoms with Crippen LogP contribution in [0.25, 0.3) is 0 Å². The molecule has 0 spiro atoms. The third-order valence-electron chi connectivity index (χ3n) is 3.00. The van der Waals surface area contributed by atoms with Crippen LogP contribution in [0, 0.1) is 20.8 Å². The molecule has 116 valence electrons. The van der Waals surface area contributed by atoms with Crippen LogP contribution in [0.1, 0.15) is 22.3 Å². The molecule has 21 heavy (non-hydrogen) atoms. The van der Waals surface area contributed by atoms with E-state index in [-0.39, 0.29) is 0 Å². The Balaban J connectivity index is 0.000000354. The van der Waals surface area contributed by atoms with E-state index < -0.39 is 0 Å². The predicted octanol–water partition coefficient (Wildman–Crippen LogP) is 3.64. The van der Waals surface area contributed by atoms with Crippen molar-refractivity contribution in [2.24, 2.45) is 5.73 Å². The lowest BCUT2D eigenvalue weighted by Crippen LogP contribution is -2.10. The van der Waals surface area contributed by atoms with Crippen LogP contribution >= 0.6 is 0 Å². The first-order valence-corrected chi connectivity index (χ1v) is 7.43. The zero-order valence-corrected chi connectivity index (χ0v) is 14.1. The van der Waals surface area contributed by atoms with Gasteiger partial charge in [-0.15, -0.1) is 0 Å². The standard InChI is InChI=1S/C10H15N.C8H10.CH5N/c1-9-3-5-10(6-4-9)7-8-11-2;1-7-3-5-8(2)6-4-7;1-2/h3-6,11H,7-8H2,1-2H3;3-6H,1-2H3;2H2,1H3. The highest BCUT2D eigenvalue weighted by Crippen LogP contribution is 2.02. The topological polar surface area (TPSA) is 38.0 Å². The van der Waals surface area contributed by atoms with Gasteiger partial charge in [0.05, 0.1) is 0 Å². The summed E-state index contributed by atoms with van der Waals surface area (Å²) in [5.41, 5.74) is 9.90. The highest BCUT2D eigenvalue weighted by Gasteiger charge is 1.89. The molecule has 0 radical (unpaired) electrons. The van der Waals surface area contributed by atoms with Gasteiger partial charge < -0.3 is 11.1 Å². The van der Waals surface area contributed by atoms with E-state index in [2.05, 4.69) is 80.4 Å². The maximum absolute atomic E-state index is 4.50. The van der Waals surface area contributed by atoms with Crippen LogP contribution in [0.15, 0.2) is 48.5 Å². The summed E-state index contributed by atoms with van der Waals surface area (Å²) in [5.74, 6) is 0. The normalized spacial score (nSPS) is 9.05. The van der Waals surface area contributed by atoms with Gasteiger partial charge in [0.2, 0.25) is 0 Å². The summed E-state index contributed by atoms with van der Waals surface area (Å²) in [6.07, 6.45) is 1.12. The lowest BCUT2D eigenvalue weighted by Gasteiger charge is -2.00. The zero-order valence-electron chi connectivity index (χ0n) is 14.1. The molecular weight excluding hydrogens is 256 g/mol. The maximum Gasteiger partial charge on any atom is -0.00114 e. The molecule has 0 aromatic heterocycles. The van der Waals surface area contributed by atoms with Gasteiger partial charge in [0.15, 0.2) is 0 Å². The van der Waals surface area contributed by atoms with E-state index in [4.69, 9.17) is 0 Å². The summed E-state index contributed by atoms with van der Waals surface area (Å²) >= 11 is 0. The van der Waals surface area contributed by atoms with Crippen LogP contribution in [-0.2, 0) is 6.42 Å². The second-order valence-electron chi connectivity index (χ2n) is 4.99. The van der Waals surface area contributed by atoms with Crippen molar-refractivity contribution in [2.45, 2.75) is 27.2 Å². The van der Waals surface area contributed by atoms with E-state index >= 15 is 0 Å². The third-order valence-corrected chi connectivity index (χ3v) is 3.00. The maximum atomic E-state index is 4.50. The second-order valence-corrected chi connectivity index (χ2v) is 4.99. The average Bonchev–Trinajstić information content (AvgIpc) is 2.52. The van der Waals surface area contributed by atoms with Crippen molar-refractivity contribution in [1.29, 1.82) is 0 Å². The fourth-order valence-corrected chi connectivity index (χ4v) is 1.66. The minimum absolute atomic E-state index is 1.06. The SMILES string of the molecule is CN.CNCCc1ccc(C)cc1.Cc1ccc(C)cc1. The number of benzene rings is 2. The summed E-state index contributed by atoms with van der Waals surface area (Å²) in [5, 5.41) is 3.13. The van der Waals surface area contributed by atoms with E-state index in [0.29, 0.717) is 0 Å². The van der Waals surface area contributed by atoms with E-state index in [1.165, 1.54) is 29.3 Å². The molecule has 0 atom stereocenters. The van der Waals surface area contributed by atoms with Crippen molar-refractivity contribution in [3.63, 3.8) is 0 Å². The Hall–Kier alpha value is -1.64. The average molecular weight is 286 g/mol. The summed E-state index contributed by atoms with van der Waals surface area (Å²) in [6, 6.07) is 17.2. The van der Waals surface area contributed by atoms with Gasteiger partial charge in [0.25, 0.3) is 0 Å². The summed E-state index contributed by atoms with van der Waals surface area (Å²) in [6.45, 7) is 7.36. The Morgan fingerprint density at radius 3 is 1.38 bits per heavy atom. The van der Waals surface area contributed by atoms with Crippen molar-refractivity contribution >= 4 is 0 Å². The molecule has 0 saturated carbocycles. The van der Waals surface area contributed by atoms with Gasteiger partial charge in [-0.05, 0) is 53.4 Å². The molecule has 0 fully saturated rings. The fraction of sp³-hybridized carbons (Fsp3) is 0.368. The number of hydrogen-bond donors (Lipinski definition) is 2. The molecule has 2 nitrogen and oxygen atoms in total. The number of likely N-dealkylation sites (N-methyl/N-ethyl adjacent to an activating group) is 1. The van der Waals surface area contributed by atoms with Crippen LogP contribution in [0.5, 0.6) is 0 Å². The van der Waals surface area contributed by atoms with E-state index in [1.54, 1.807) is 0 Å². The lowest BCUT2D eigenvalue weighted by molar-refractivity contribution is 0.791. The minimum atomic E-state index is 1.06. The predicted molar refractivity (Wildman–Crippen MR) is 94.8 cm³/mol. The number of aryl methyl sites for hydroxylation is 3. The van der Waals surface area contributed by atoms with Crippen LogP contribution in [0.3, 0.4) is 0 Å².